The number of nitrogens with zero attached hydrogens (tertiary/aromatic N) is 1. The number of amides is 2. The highest BCUT2D eigenvalue weighted by Gasteiger charge is 2.31. The number of hydrogen-bond acceptors (Lipinski definition) is 7. The number of hydrogen-bond donors (Lipinski definition) is 2. The molecule has 2 aromatic rings. The highest BCUT2D eigenvalue weighted by Crippen LogP contribution is 2.35. The van der Waals surface area contributed by atoms with E-state index < -0.39 is 33.9 Å². The van der Waals surface area contributed by atoms with E-state index in [-0.39, 0.29) is 17.3 Å². The molecule has 0 saturated carbocycles. The fraction of sp³-hybridized carbons (Fsp3) is 0.346. The Kier molecular flexibility index (Phi) is 11.3. The zero-order chi connectivity index (χ0) is 28.6. The van der Waals surface area contributed by atoms with E-state index in [1.54, 1.807) is 35.2 Å². The van der Waals surface area contributed by atoms with Gasteiger partial charge in [0.1, 0.15) is 6.04 Å². The molecule has 3 rings (SSSR count). The van der Waals surface area contributed by atoms with Gasteiger partial charge in [0.05, 0.1) is 22.1 Å². The van der Waals surface area contributed by atoms with Gasteiger partial charge in [-0.1, -0.05) is 47.5 Å². The largest absolute Gasteiger partial charge is 0.467 e. The van der Waals surface area contributed by atoms with Crippen molar-refractivity contribution in [2.45, 2.75) is 28.7 Å². The summed E-state index contributed by atoms with van der Waals surface area (Å²) in [5.74, 6) is -1.87. The Balaban J connectivity index is 1.55. The van der Waals surface area contributed by atoms with Gasteiger partial charge in [0.2, 0.25) is 21.8 Å². The number of thioether (sulfide) groups is 1. The molecule has 1 atom stereocenters. The summed E-state index contributed by atoms with van der Waals surface area (Å²) in [6.07, 6.45) is 5.68. The Morgan fingerprint density at radius 1 is 1.10 bits per heavy atom. The minimum atomic E-state index is -3.89. The van der Waals surface area contributed by atoms with Crippen LogP contribution in [0.25, 0.3) is 6.08 Å². The Morgan fingerprint density at radius 3 is 2.38 bits per heavy atom. The van der Waals surface area contributed by atoms with Crippen LogP contribution in [-0.2, 0) is 29.1 Å². The normalized spacial score (nSPS) is 15.2. The monoisotopic (exact) mass is 613 g/mol. The minimum Gasteiger partial charge on any atom is -0.467 e. The zero-order valence-corrected chi connectivity index (χ0v) is 24.5. The maximum atomic E-state index is 12.9. The summed E-state index contributed by atoms with van der Waals surface area (Å²) in [5, 5.41) is 3.39. The average molecular weight is 615 g/mol. The van der Waals surface area contributed by atoms with E-state index in [9.17, 15) is 22.8 Å². The van der Waals surface area contributed by atoms with Crippen molar-refractivity contribution < 1.29 is 27.5 Å². The van der Waals surface area contributed by atoms with Crippen molar-refractivity contribution in [2.24, 2.45) is 5.92 Å². The molecule has 0 aromatic heterocycles. The number of ether oxygens (including phenoxy) is 1. The molecule has 210 valence electrons. The van der Waals surface area contributed by atoms with E-state index in [4.69, 9.17) is 27.9 Å². The molecule has 2 N–H and O–H groups in total. The molecule has 0 bridgehead atoms. The highest BCUT2D eigenvalue weighted by molar-refractivity contribution is 7.98. The van der Waals surface area contributed by atoms with Crippen molar-refractivity contribution in [2.75, 3.05) is 33.0 Å². The maximum absolute atomic E-state index is 12.9. The summed E-state index contributed by atoms with van der Waals surface area (Å²) >= 11 is 14.0. The summed E-state index contributed by atoms with van der Waals surface area (Å²) in [6.45, 7) is 0.303. The van der Waals surface area contributed by atoms with Crippen molar-refractivity contribution in [3.05, 3.63) is 64.1 Å². The van der Waals surface area contributed by atoms with Gasteiger partial charge in [0.25, 0.3) is 0 Å². The Morgan fingerprint density at radius 2 is 1.77 bits per heavy atom. The molecule has 1 heterocycles. The summed E-state index contributed by atoms with van der Waals surface area (Å²) in [7, 11) is -2.73. The standard InChI is InChI=1S/C26H29Cl2N3O6S2/c1-37-26(34)20(16-29-39(35,36)19-6-4-3-5-7-19)30-25(33)18-12-14-31(15-13-18)22(32)11-9-17-8-10-21(38-2)24(28)23(17)27/h3-11,18,20,29H,12-16H2,1-2H3,(H,30,33). The highest BCUT2D eigenvalue weighted by atomic mass is 35.5. The third-order valence-corrected chi connectivity index (χ3v) is 9.44. The first-order chi connectivity index (χ1) is 18.6. The maximum Gasteiger partial charge on any atom is 0.329 e. The molecule has 0 spiro atoms. The van der Waals surface area contributed by atoms with E-state index in [0.29, 0.717) is 41.5 Å². The number of esters is 1. The van der Waals surface area contributed by atoms with E-state index in [0.717, 1.165) is 12.0 Å². The van der Waals surface area contributed by atoms with Crippen molar-refractivity contribution in [3.63, 3.8) is 0 Å². The molecule has 0 aliphatic carbocycles. The molecule has 39 heavy (non-hydrogen) atoms. The van der Waals surface area contributed by atoms with Gasteiger partial charge in [-0.05, 0) is 48.9 Å². The van der Waals surface area contributed by atoms with Gasteiger partial charge < -0.3 is 15.0 Å². The smallest absolute Gasteiger partial charge is 0.329 e. The van der Waals surface area contributed by atoms with Crippen LogP contribution in [-0.4, -0.2) is 70.1 Å². The van der Waals surface area contributed by atoms with Crippen LogP contribution in [0.3, 0.4) is 0 Å². The predicted octanol–water partition coefficient (Wildman–Crippen LogP) is 3.60. The van der Waals surface area contributed by atoms with Gasteiger partial charge in [-0.25, -0.2) is 17.9 Å². The lowest BCUT2D eigenvalue weighted by molar-refractivity contribution is -0.145. The van der Waals surface area contributed by atoms with Gasteiger partial charge in [-0.2, -0.15) is 0 Å². The molecule has 1 aliphatic heterocycles. The van der Waals surface area contributed by atoms with Gasteiger partial charge in [0.15, 0.2) is 0 Å². The van der Waals surface area contributed by atoms with Crippen LogP contribution >= 0.6 is 35.0 Å². The number of carbonyl (C=O) groups excluding carboxylic acids is 3. The van der Waals surface area contributed by atoms with Crippen molar-refractivity contribution in [3.8, 4) is 0 Å². The third kappa shape index (κ3) is 8.21. The Bertz CT molecular complexity index is 1330. The fourth-order valence-corrected chi connectivity index (χ4v) is 6.20. The van der Waals surface area contributed by atoms with Gasteiger partial charge in [-0.15, -0.1) is 11.8 Å². The molecule has 1 saturated heterocycles. The molecule has 13 heteroatoms. The quantitative estimate of drug-likeness (QED) is 0.238. The molecule has 1 aliphatic rings. The van der Waals surface area contributed by atoms with E-state index in [2.05, 4.69) is 10.0 Å². The molecule has 1 fully saturated rings. The number of benzene rings is 2. The summed E-state index contributed by atoms with van der Waals surface area (Å²) < 4.78 is 32.1. The average Bonchev–Trinajstić information content (AvgIpc) is 2.95. The topological polar surface area (TPSA) is 122 Å². The minimum absolute atomic E-state index is 0.0355. The molecule has 2 amide bonds. The first-order valence-electron chi connectivity index (χ1n) is 12.0. The number of piperidine rings is 1. The first-order valence-corrected chi connectivity index (χ1v) is 15.5. The molecule has 9 nitrogen and oxygen atoms in total. The Labute approximate surface area is 242 Å². The van der Waals surface area contributed by atoms with Crippen LogP contribution in [0.2, 0.25) is 10.0 Å². The van der Waals surface area contributed by atoms with E-state index in [1.165, 1.54) is 30.0 Å². The first kappa shape index (κ1) is 31.0. The number of halogens is 2. The fourth-order valence-electron chi connectivity index (χ4n) is 3.96. The predicted molar refractivity (Wildman–Crippen MR) is 152 cm³/mol. The molecular formula is C26H29Cl2N3O6S2. The van der Waals surface area contributed by atoms with Crippen LogP contribution in [0.1, 0.15) is 18.4 Å². The molecular weight excluding hydrogens is 585 g/mol. The van der Waals surface area contributed by atoms with Crippen LogP contribution in [0.5, 0.6) is 0 Å². The van der Waals surface area contributed by atoms with Crippen LogP contribution in [0, 0.1) is 5.92 Å². The zero-order valence-electron chi connectivity index (χ0n) is 21.4. The second-order valence-corrected chi connectivity index (χ2v) is 12.0. The number of likely N-dealkylation sites (tertiary alicyclic amines) is 1. The molecule has 2 aromatic carbocycles. The summed E-state index contributed by atoms with van der Waals surface area (Å²) in [5.41, 5.74) is 0.624. The molecule has 0 radical (unpaired) electrons. The number of rotatable bonds is 10. The van der Waals surface area contributed by atoms with Crippen LogP contribution < -0.4 is 10.0 Å². The lowest BCUT2D eigenvalue weighted by Gasteiger charge is -2.31. The second kappa shape index (κ2) is 14.2. The Hall–Kier alpha value is -2.57. The molecule has 1 unspecified atom stereocenters. The van der Waals surface area contributed by atoms with E-state index in [1.807, 2.05) is 12.3 Å². The van der Waals surface area contributed by atoms with Crippen molar-refractivity contribution >= 4 is 68.8 Å². The lowest BCUT2D eigenvalue weighted by atomic mass is 9.95. The van der Waals surface area contributed by atoms with Gasteiger partial charge >= 0.3 is 5.97 Å². The summed E-state index contributed by atoms with van der Waals surface area (Å²) in [6, 6.07) is 10.1. The van der Waals surface area contributed by atoms with Crippen molar-refractivity contribution in [1.82, 2.24) is 14.9 Å². The van der Waals surface area contributed by atoms with Crippen LogP contribution in [0.4, 0.5) is 0 Å². The van der Waals surface area contributed by atoms with Gasteiger partial charge in [0, 0.05) is 36.5 Å². The number of carbonyl (C=O) groups is 3. The number of methoxy groups -OCH3 is 1. The number of sulfonamides is 1. The van der Waals surface area contributed by atoms with Gasteiger partial charge in [-0.3, -0.25) is 9.59 Å². The van der Waals surface area contributed by atoms with Crippen molar-refractivity contribution in [1.29, 1.82) is 0 Å². The second-order valence-electron chi connectivity index (χ2n) is 8.67. The van der Waals surface area contributed by atoms with E-state index >= 15 is 0 Å². The summed E-state index contributed by atoms with van der Waals surface area (Å²) in [4.78, 5) is 40.3. The lowest BCUT2D eigenvalue weighted by Crippen LogP contribution is -2.51. The number of nitrogens with one attached hydrogen (secondary N) is 2. The SMILES string of the molecule is COC(=O)C(CNS(=O)(=O)c1ccccc1)NC(=O)C1CCN(C(=O)C=Cc2ccc(SC)c(Cl)c2Cl)CC1. The van der Waals surface area contributed by atoms with Crippen LogP contribution in [0.15, 0.2) is 58.3 Å². The third-order valence-electron chi connectivity index (χ3n) is 6.21.